The van der Waals surface area contributed by atoms with Crippen LogP contribution >= 0.6 is 11.6 Å². The predicted octanol–water partition coefficient (Wildman–Crippen LogP) is 2.63. The van der Waals surface area contributed by atoms with Gasteiger partial charge in [-0.05, 0) is 23.2 Å². The molecule has 0 aliphatic heterocycles. The SMILES string of the molecule is [N-]=[N+]=NCC#Cc1ccc(CC(=O)O)c(Cl)c1. The quantitative estimate of drug-likeness (QED) is 0.386. The summed E-state index contributed by atoms with van der Waals surface area (Å²) >= 11 is 5.90. The summed E-state index contributed by atoms with van der Waals surface area (Å²) in [5.41, 5.74) is 9.23. The fourth-order valence-corrected chi connectivity index (χ4v) is 1.39. The van der Waals surface area contributed by atoms with E-state index in [9.17, 15) is 4.79 Å². The van der Waals surface area contributed by atoms with Gasteiger partial charge in [0, 0.05) is 15.5 Å². The van der Waals surface area contributed by atoms with Crippen LogP contribution in [0.2, 0.25) is 5.02 Å². The maximum atomic E-state index is 10.5. The second kappa shape index (κ2) is 6.44. The van der Waals surface area contributed by atoms with E-state index in [1.54, 1.807) is 18.2 Å². The van der Waals surface area contributed by atoms with Crippen molar-refractivity contribution in [1.82, 2.24) is 0 Å². The Morgan fingerprint density at radius 2 is 2.35 bits per heavy atom. The van der Waals surface area contributed by atoms with Crippen LogP contribution in [0.15, 0.2) is 23.3 Å². The van der Waals surface area contributed by atoms with Crippen molar-refractivity contribution in [2.45, 2.75) is 6.42 Å². The molecule has 5 nitrogen and oxygen atoms in total. The molecule has 0 amide bonds. The van der Waals surface area contributed by atoms with Crippen molar-refractivity contribution < 1.29 is 9.90 Å². The molecule has 0 unspecified atom stereocenters. The Labute approximate surface area is 103 Å². The minimum absolute atomic E-state index is 0.0883. The first-order chi connectivity index (χ1) is 8.13. The van der Waals surface area contributed by atoms with Crippen LogP contribution in [0.25, 0.3) is 10.4 Å². The number of carbonyl (C=O) groups is 1. The van der Waals surface area contributed by atoms with Crippen molar-refractivity contribution >= 4 is 17.6 Å². The third-order valence-corrected chi connectivity index (χ3v) is 2.19. The number of benzene rings is 1. The highest BCUT2D eigenvalue weighted by Crippen LogP contribution is 2.18. The lowest BCUT2D eigenvalue weighted by atomic mass is 10.1. The van der Waals surface area contributed by atoms with Crippen molar-refractivity contribution in [3.8, 4) is 11.8 Å². The number of hydrogen-bond donors (Lipinski definition) is 1. The molecule has 0 saturated carbocycles. The van der Waals surface area contributed by atoms with Crippen LogP contribution in [0.5, 0.6) is 0 Å². The van der Waals surface area contributed by atoms with Gasteiger partial charge in [0.05, 0.1) is 13.0 Å². The average Bonchev–Trinajstić information content (AvgIpc) is 2.27. The molecule has 0 radical (unpaired) electrons. The molecular formula is C11H8ClN3O2. The number of rotatable bonds is 3. The van der Waals surface area contributed by atoms with Crippen LogP contribution in [-0.2, 0) is 11.2 Å². The molecule has 0 heterocycles. The Morgan fingerprint density at radius 1 is 1.59 bits per heavy atom. The molecule has 17 heavy (non-hydrogen) atoms. The first kappa shape index (κ1) is 12.9. The fraction of sp³-hybridized carbons (Fsp3) is 0.182. The van der Waals surface area contributed by atoms with Gasteiger partial charge in [-0.25, -0.2) is 0 Å². The molecule has 0 fully saturated rings. The Kier molecular flexibility index (Phi) is 4.89. The summed E-state index contributed by atoms with van der Waals surface area (Å²) in [5.74, 6) is 4.46. The third-order valence-electron chi connectivity index (χ3n) is 1.84. The predicted molar refractivity (Wildman–Crippen MR) is 63.7 cm³/mol. The monoisotopic (exact) mass is 249 g/mol. The first-order valence-electron chi connectivity index (χ1n) is 4.63. The van der Waals surface area contributed by atoms with Gasteiger partial charge >= 0.3 is 5.97 Å². The molecule has 0 atom stereocenters. The number of hydrogen-bond acceptors (Lipinski definition) is 2. The molecule has 0 aromatic heterocycles. The topological polar surface area (TPSA) is 86.1 Å². The van der Waals surface area contributed by atoms with E-state index < -0.39 is 5.97 Å². The minimum Gasteiger partial charge on any atom is -0.481 e. The number of nitrogens with zero attached hydrogens (tertiary/aromatic N) is 3. The molecule has 6 heteroatoms. The lowest BCUT2D eigenvalue weighted by Gasteiger charge is -2.00. The largest absolute Gasteiger partial charge is 0.481 e. The zero-order valence-electron chi connectivity index (χ0n) is 8.72. The Balaban J connectivity index is 2.83. The van der Waals surface area contributed by atoms with Gasteiger partial charge in [-0.1, -0.05) is 34.6 Å². The summed E-state index contributed by atoms with van der Waals surface area (Å²) < 4.78 is 0. The number of aliphatic carboxylic acids is 1. The number of azide groups is 1. The molecule has 0 spiro atoms. The summed E-state index contributed by atoms with van der Waals surface area (Å²) in [5, 5.41) is 12.3. The van der Waals surface area contributed by atoms with E-state index in [0.29, 0.717) is 16.1 Å². The molecule has 1 N–H and O–H groups in total. The van der Waals surface area contributed by atoms with Gasteiger partial charge < -0.3 is 5.11 Å². The number of halogens is 1. The van der Waals surface area contributed by atoms with Gasteiger partial charge in [-0.2, -0.15) is 0 Å². The maximum Gasteiger partial charge on any atom is 0.307 e. The zero-order chi connectivity index (χ0) is 12.7. The smallest absolute Gasteiger partial charge is 0.307 e. The van der Waals surface area contributed by atoms with Crippen molar-refractivity contribution in [2.75, 3.05) is 6.54 Å². The van der Waals surface area contributed by atoms with Gasteiger partial charge in [0.15, 0.2) is 0 Å². The van der Waals surface area contributed by atoms with Gasteiger partial charge in [-0.15, -0.1) is 0 Å². The molecule has 1 rings (SSSR count). The standard InChI is InChI=1S/C11H8ClN3O2/c12-10-6-8(2-1-5-14-15-13)3-4-9(10)7-11(16)17/h3-4,6H,5,7H2,(H,16,17). The maximum absolute atomic E-state index is 10.5. The Bertz CT molecular complexity index is 539. The Morgan fingerprint density at radius 3 is 2.94 bits per heavy atom. The van der Waals surface area contributed by atoms with Crippen LogP contribution in [0.1, 0.15) is 11.1 Å². The van der Waals surface area contributed by atoms with Crippen molar-refractivity contribution in [1.29, 1.82) is 0 Å². The van der Waals surface area contributed by atoms with E-state index in [-0.39, 0.29) is 13.0 Å². The molecule has 0 aliphatic rings. The summed E-state index contributed by atoms with van der Waals surface area (Å²) in [7, 11) is 0. The molecule has 0 aliphatic carbocycles. The highest BCUT2D eigenvalue weighted by atomic mass is 35.5. The highest BCUT2D eigenvalue weighted by Gasteiger charge is 2.05. The molecule has 0 saturated heterocycles. The van der Waals surface area contributed by atoms with E-state index in [1.165, 1.54) is 0 Å². The van der Waals surface area contributed by atoms with Crippen LogP contribution in [-0.4, -0.2) is 17.6 Å². The van der Waals surface area contributed by atoms with E-state index >= 15 is 0 Å². The Hall–Kier alpha value is -2.15. The van der Waals surface area contributed by atoms with Crippen molar-refractivity contribution in [3.05, 3.63) is 44.8 Å². The van der Waals surface area contributed by atoms with Gasteiger partial charge in [-0.3, -0.25) is 4.79 Å². The molecule has 86 valence electrons. The minimum atomic E-state index is -0.936. The molecule has 1 aromatic carbocycles. The molecular weight excluding hydrogens is 242 g/mol. The van der Waals surface area contributed by atoms with Crippen LogP contribution < -0.4 is 0 Å². The second-order valence-corrected chi connectivity index (χ2v) is 3.47. The van der Waals surface area contributed by atoms with Crippen LogP contribution in [0.3, 0.4) is 0 Å². The lowest BCUT2D eigenvalue weighted by Crippen LogP contribution is -2.00. The second-order valence-electron chi connectivity index (χ2n) is 3.07. The van der Waals surface area contributed by atoms with Crippen LogP contribution in [0.4, 0.5) is 0 Å². The van der Waals surface area contributed by atoms with Gasteiger partial charge in [0.1, 0.15) is 0 Å². The first-order valence-corrected chi connectivity index (χ1v) is 5.01. The lowest BCUT2D eigenvalue weighted by molar-refractivity contribution is -0.136. The van der Waals surface area contributed by atoms with E-state index in [2.05, 4.69) is 21.9 Å². The summed E-state index contributed by atoms with van der Waals surface area (Å²) in [6.07, 6.45) is -0.120. The molecule has 1 aromatic rings. The highest BCUT2D eigenvalue weighted by molar-refractivity contribution is 6.31. The zero-order valence-corrected chi connectivity index (χ0v) is 9.48. The summed E-state index contributed by atoms with van der Waals surface area (Å²) in [4.78, 5) is 13.1. The van der Waals surface area contributed by atoms with Gasteiger partial charge in [0.25, 0.3) is 0 Å². The number of carboxylic acids is 1. The van der Waals surface area contributed by atoms with E-state index in [1.807, 2.05) is 0 Å². The third kappa shape index (κ3) is 4.47. The van der Waals surface area contributed by atoms with Crippen LogP contribution in [0, 0.1) is 11.8 Å². The van der Waals surface area contributed by atoms with E-state index in [4.69, 9.17) is 22.2 Å². The normalized spacial score (nSPS) is 8.76. The number of carboxylic acid groups (broad SMARTS) is 1. The van der Waals surface area contributed by atoms with E-state index in [0.717, 1.165) is 0 Å². The summed E-state index contributed by atoms with van der Waals surface area (Å²) in [6, 6.07) is 4.88. The van der Waals surface area contributed by atoms with Gasteiger partial charge in [0.2, 0.25) is 0 Å². The summed E-state index contributed by atoms with van der Waals surface area (Å²) in [6.45, 7) is 0.0883. The van der Waals surface area contributed by atoms with Crippen molar-refractivity contribution in [3.63, 3.8) is 0 Å². The van der Waals surface area contributed by atoms with Crippen molar-refractivity contribution in [2.24, 2.45) is 5.11 Å². The average molecular weight is 250 g/mol. The fourth-order valence-electron chi connectivity index (χ4n) is 1.14. The molecule has 0 bridgehead atoms.